The molecule has 42 heavy (non-hydrogen) atoms. The van der Waals surface area contributed by atoms with E-state index in [-0.39, 0.29) is 5.41 Å². The summed E-state index contributed by atoms with van der Waals surface area (Å²) in [5.74, 6) is 0. The summed E-state index contributed by atoms with van der Waals surface area (Å²) in [5.41, 5.74) is 12.2. The predicted octanol–water partition coefficient (Wildman–Crippen LogP) is 11.6. The van der Waals surface area contributed by atoms with Crippen LogP contribution in [0.5, 0.6) is 0 Å². The monoisotopic (exact) mass is 556 g/mol. The Labute approximate surface area is 251 Å². The molecular weight excluding hydrogens is 525 g/mol. The van der Waals surface area contributed by atoms with Gasteiger partial charge in [-0.25, -0.2) is 0 Å². The van der Waals surface area contributed by atoms with Crippen LogP contribution >= 0.6 is 11.3 Å². The van der Waals surface area contributed by atoms with Crippen LogP contribution in [0.3, 0.4) is 0 Å². The molecule has 0 atom stereocenters. The van der Waals surface area contributed by atoms with Crippen molar-refractivity contribution >= 4 is 53.9 Å². The lowest BCUT2D eigenvalue weighted by atomic mass is 9.80. The fraction of sp³-hybridized carbons (Fsp3) is 0.122. The van der Waals surface area contributed by atoms with E-state index in [1.54, 1.807) is 0 Å². The van der Waals surface area contributed by atoms with Crippen LogP contribution in [-0.4, -0.2) is 0 Å². The van der Waals surface area contributed by atoms with Gasteiger partial charge >= 0.3 is 0 Å². The summed E-state index contributed by atoms with van der Waals surface area (Å²) in [6.07, 6.45) is 3.31. The summed E-state index contributed by atoms with van der Waals surface area (Å²) in [6, 6.07) is 45.1. The molecule has 202 valence electrons. The Balaban J connectivity index is 1.29. The number of benzene rings is 6. The van der Waals surface area contributed by atoms with Crippen molar-refractivity contribution in [1.29, 1.82) is 0 Å². The predicted molar refractivity (Wildman–Crippen MR) is 184 cm³/mol. The Morgan fingerprint density at radius 3 is 2.19 bits per heavy atom. The lowest BCUT2D eigenvalue weighted by Crippen LogP contribution is -2.15. The molecule has 7 aromatic rings. The molecule has 0 radical (unpaired) electrons. The van der Waals surface area contributed by atoms with Crippen molar-refractivity contribution in [3.05, 3.63) is 155 Å². The number of hydrogen-bond donors (Lipinski definition) is 0. The van der Waals surface area contributed by atoms with E-state index in [2.05, 4.69) is 148 Å². The zero-order chi connectivity index (χ0) is 28.4. The molecule has 0 nitrogen and oxygen atoms in total. The lowest BCUT2D eigenvalue weighted by Gasteiger charge is -2.22. The molecule has 0 aliphatic heterocycles. The van der Waals surface area contributed by atoms with Crippen molar-refractivity contribution in [2.45, 2.75) is 32.6 Å². The standard InChI is InChI=1S/C41H32S/c1-26-21-37-40(33-15-8-7-13-31(26)33)34-19-17-28(24-36(34)41(37,2)3)23-30(22-27-11-5-4-6-12-27)29-18-20-39-35(25-29)32-14-9-10-16-38(32)42-39/h4-21,23-25H,22H2,1-3H3/b30-23-. The summed E-state index contributed by atoms with van der Waals surface area (Å²) in [7, 11) is 0. The van der Waals surface area contributed by atoms with E-state index in [0.29, 0.717) is 0 Å². The Hall–Kier alpha value is -4.46. The van der Waals surface area contributed by atoms with E-state index < -0.39 is 0 Å². The first-order chi connectivity index (χ1) is 20.5. The Morgan fingerprint density at radius 2 is 1.36 bits per heavy atom. The first-order valence-corrected chi connectivity index (χ1v) is 15.6. The van der Waals surface area contributed by atoms with Crippen molar-refractivity contribution in [3.8, 4) is 11.1 Å². The largest absolute Gasteiger partial charge is 0.135 e. The van der Waals surface area contributed by atoms with Crippen LogP contribution in [-0.2, 0) is 11.8 Å². The second kappa shape index (κ2) is 9.54. The average Bonchev–Trinajstić information content (AvgIpc) is 3.49. The average molecular weight is 557 g/mol. The molecule has 8 rings (SSSR count). The van der Waals surface area contributed by atoms with Gasteiger partial charge in [0.05, 0.1) is 0 Å². The molecule has 6 aromatic carbocycles. The second-order valence-corrected chi connectivity index (χ2v) is 13.3. The molecule has 1 heterocycles. The molecule has 1 aliphatic carbocycles. The summed E-state index contributed by atoms with van der Waals surface area (Å²) < 4.78 is 2.69. The normalized spacial score (nSPS) is 14.0. The van der Waals surface area contributed by atoms with Crippen molar-refractivity contribution in [1.82, 2.24) is 0 Å². The first kappa shape index (κ1) is 25.3. The molecule has 1 aliphatic rings. The fourth-order valence-corrected chi connectivity index (χ4v) is 8.14. The first-order valence-electron chi connectivity index (χ1n) is 14.8. The third kappa shape index (κ3) is 3.95. The summed E-state index contributed by atoms with van der Waals surface area (Å²) in [6.45, 7) is 7.03. The fourth-order valence-electron chi connectivity index (χ4n) is 7.05. The Bertz CT molecular complexity index is 2190. The van der Waals surface area contributed by atoms with Crippen molar-refractivity contribution in [2.24, 2.45) is 0 Å². The molecule has 1 aromatic heterocycles. The van der Waals surface area contributed by atoms with Crippen molar-refractivity contribution in [2.75, 3.05) is 0 Å². The van der Waals surface area contributed by atoms with Gasteiger partial charge in [0.25, 0.3) is 0 Å². The quantitative estimate of drug-likeness (QED) is 0.189. The van der Waals surface area contributed by atoms with Gasteiger partial charge < -0.3 is 0 Å². The van der Waals surface area contributed by atoms with Crippen molar-refractivity contribution < 1.29 is 0 Å². The number of hydrogen-bond acceptors (Lipinski definition) is 1. The van der Waals surface area contributed by atoms with E-state index >= 15 is 0 Å². The van der Waals surface area contributed by atoms with Gasteiger partial charge in [0.2, 0.25) is 0 Å². The number of allylic oxidation sites excluding steroid dienone is 1. The van der Waals surface area contributed by atoms with E-state index in [0.717, 1.165) is 6.42 Å². The molecule has 0 saturated heterocycles. The topological polar surface area (TPSA) is 0 Å². The van der Waals surface area contributed by atoms with E-state index in [1.165, 1.54) is 81.0 Å². The van der Waals surface area contributed by atoms with Crippen LogP contribution < -0.4 is 0 Å². The van der Waals surface area contributed by atoms with Crippen LogP contribution in [0.2, 0.25) is 0 Å². The third-order valence-electron chi connectivity index (χ3n) is 9.24. The molecule has 0 unspecified atom stereocenters. The van der Waals surface area contributed by atoms with Crippen LogP contribution in [0.25, 0.3) is 53.7 Å². The minimum atomic E-state index is -0.0581. The molecule has 0 saturated carbocycles. The molecule has 0 fully saturated rings. The van der Waals surface area contributed by atoms with E-state index in [1.807, 2.05) is 11.3 Å². The smallest absolute Gasteiger partial charge is 0.0355 e. The minimum absolute atomic E-state index is 0.0581. The third-order valence-corrected chi connectivity index (χ3v) is 10.4. The maximum Gasteiger partial charge on any atom is 0.0355 e. The number of fused-ring (bicyclic) bond motifs is 8. The highest BCUT2D eigenvalue weighted by atomic mass is 32.1. The highest BCUT2D eigenvalue weighted by molar-refractivity contribution is 7.25. The molecule has 0 spiro atoms. The van der Waals surface area contributed by atoms with Gasteiger partial charge in [0.15, 0.2) is 0 Å². The number of rotatable bonds is 4. The maximum atomic E-state index is 2.45. The maximum absolute atomic E-state index is 2.45. The lowest BCUT2D eigenvalue weighted by molar-refractivity contribution is 0.660. The van der Waals surface area contributed by atoms with Crippen LogP contribution in [0.4, 0.5) is 0 Å². The van der Waals surface area contributed by atoms with Gasteiger partial charge in [0.1, 0.15) is 0 Å². The summed E-state index contributed by atoms with van der Waals surface area (Å²) >= 11 is 1.88. The van der Waals surface area contributed by atoms with E-state index in [9.17, 15) is 0 Å². The van der Waals surface area contributed by atoms with Gasteiger partial charge in [-0.05, 0) is 92.4 Å². The van der Waals surface area contributed by atoms with E-state index in [4.69, 9.17) is 0 Å². The number of thiophene rings is 1. The van der Waals surface area contributed by atoms with Crippen molar-refractivity contribution in [3.63, 3.8) is 0 Å². The highest BCUT2D eigenvalue weighted by Crippen LogP contribution is 2.52. The van der Waals surface area contributed by atoms with Gasteiger partial charge in [-0.2, -0.15) is 0 Å². The Kier molecular flexibility index (Phi) is 5.74. The second-order valence-electron chi connectivity index (χ2n) is 12.2. The Morgan fingerprint density at radius 1 is 0.643 bits per heavy atom. The zero-order valence-electron chi connectivity index (χ0n) is 24.2. The molecule has 0 amide bonds. The molecule has 0 N–H and O–H groups in total. The SMILES string of the molecule is Cc1cc2c(c3ccccc13)-c1ccc(/C=C(/Cc3ccccc3)c3ccc4sc5ccccc5c4c3)cc1C2(C)C. The van der Waals surface area contributed by atoms with Gasteiger partial charge in [-0.1, -0.05) is 123 Å². The highest BCUT2D eigenvalue weighted by Gasteiger charge is 2.36. The molecule has 0 bridgehead atoms. The summed E-state index contributed by atoms with van der Waals surface area (Å²) in [5, 5.41) is 5.41. The number of aryl methyl sites for hydroxylation is 1. The van der Waals surface area contributed by atoms with Crippen LogP contribution in [0.1, 0.15) is 47.2 Å². The van der Waals surface area contributed by atoms with Gasteiger partial charge in [-0.15, -0.1) is 11.3 Å². The van der Waals surface area contributed by atoms with Gasteiger partial charge in [-0.3, -0.25) is 0 Å². The summed E-state index contributed by atoms with van der Waals surface area (Å²) in [4.78, 5) is 0. The molecule has 1 heteroatoms. The zero-order valence-corrected chi connectivity index (χ0v) is 25.1. The molecular formula is C41H32S. The van der Waals surface area contributed by atoms with Crippen LogP contribution in [0.15, 0.2) is 121 Å². The minimum Gasteiger partial charge on any atom is -0.135 e. The van der Waals surface area contributed by atoms with Crippen LogP contribution in [0, 0.1) is 6.92 Å². The van der Waals surface area contributed by atoms with Gasteiger partial charge in [0, 0.05) is 25.6 Å².